The second kappa shape index (κ2) is 9.16. The molecule has 0 bridgehead atoms. The SMILES string of the molecule is COc1ccc(SC(C)C(=O)Nc2cc(F)ccc2Sc2nccn2C)cc1. The normalized spacial score (nSPS) is 11.9. The Morgan fingerprint density at radius 3 is 2.64 bits per heavy atom. The summed E-state index contributed by atoms with van der Waals surface area (Å²) in [6.07, 6.45) is 3.52. The standard InChI is InChI=1S/C20H20FN3O2S2/c1-13(27-16-7-5-15(26-3)6-8-16)19(25)23-17-12-14(21)4-9-18(17)28-20-22-10-11-24(20)2/h4-13H,1-3H3,(H,23,25). The number of thioether (sulfide) groups is 1. The van der Waals surface area contributed by atoms with Crippen molar-refractivity contribution in [1.29, 1.82) is 0 Å². The molecule has 1 unspecified atom stereocenters. The van der Waals surface area contributed by atoms with Crippen LogP contribution in [0.15, 0.2) is 69.8 Å². The zero-order valence-electron chi connectivity index (χ0n) is 15.7. The summed E-state index contributed by atoms with van der Waals surface area (Å²) in [5.41, 5.74) is 0.431. The molecule has 0 saturated carbocycles. The van der Waals surface area contributed by atoms with Crippen molar-refractivity contribution in [3.05, 3.63) is 60.7 Å². The Balaban J connectivity index is 1.71. The highest BCUT2D eigenvalue weighted by Crippen LogP contribution is 2.34. The summed E-state index contributed by atoms with van der Waals surface area (Å²) in [6.45, 7) is 1.81. The number of rotatable bonds is 7. The number of aromatic nitrogens is 2. The Morgan fingerprint density at radius 1 is 1.25 bits per heavy atom. The van der Waals surface area contributed by atoms with E-state index in [0.29, 0.717) is 5.69 Å². The van der Waals surface area contributed by atoms with Gasteiger partial charge in [-0.1, -0.05) is 0 Å². The van der Waals surface area contributed by atoms with E-state index in [4.69, 9.17) is 4.74 Å². The summed E-state index contributed by atoms with van der Waals surface area (Å²) in [6, 6.07) is 11.8. The molecule has 0 spiro atoms. The maximum atomic E-state index is 13.8. The molecule has 0 radical (unpaired) electrons. The third kappa shape index (κ3) is 5.08. The molecule has 0 aliphatic rings. The summed E-state index contributed by atoms with van der Waals surface area (Å²) in [5, 5.41) is 3.24. The van der Waals surface area contributed by atoms with Gasteiger partial charge in [0.2, 0.25) is 5.91 Å². The molecule has 5 nitrogen and oxygen atoms in total. The predicted molar refractivity (Wildman–Crippen MR) is 111 cm³/mol. The summed E-state index contributed by atoms with van der Waals surface area (Å²) in [4.78, 5) is 18.6. The molecule has 0 aliphatic carbocycles. The van der Waals surface area contributed by atoms with Crippen molar-refractivity contribution >= 4 is 35.1 Å². The lowest BCUT2D eigenvalue weighted by molar-refractivity contribution is -0.115. The monoisotopic (exact) mass is 417 g/mol. The van der Waals surface area contributed by atoms with Gasteiger partial charge in [0.15, 0.2) is 5.16 Å². The van der Waals surface area contributed by atoms with E-state index in [1.54, 1.807) is 19.4 Å². The first-order chi connectivity index (χ1) is 13.5. The van der Waals surface area contributed by atoms with Gasteiger partial charge in [-0.15, -0.1) is 11.8 Å². The van der Waals surface area contributed by atoms with Gasteiger partial charge in [-0.3, -0.25) is 4.79 Å². The first kappa shape index (κ1) is 20.3. The number of carbonyl (C=O) groups is 1. The first-order valence-electron chi connectivity index (χ1n) is 8.52. The van der Waals surface area contributed by atoms with Crippen molar-refractivity contribution in [2.45, 2.75) is 27.1 Å². The number of amides is 1. The van der Waals surface area contributed by atoms with Crippen LogP contribution in [0.1, 0.15) is 6.92 Å². The lowest BCUT2D eigenvalue weighted by Crippen LogP contribution is -2.22. The fourth-order valence-corrected chi connectivity index (χ4v) is 4.12. The summed E-state index contributed by atoms with van der Waals surface area (Å²) in [7, 11) is 3.49. The van der Waals surface area contributed by atoms with Crippen LogP contribution in [-0.2, 0) is 11.8 Å². The minimum Gasteiger partial charge on any atom is -0.497 e. The van der Waals surface area contributed by atoms with Crippen LogP contribution in [0.2, 0.25) is 0 Å². The van der Waals surface area contributed by atoms with Crippen molar-refractivity contribution in [1.82, 2.24) is 9.55 Å². The molecule has 8 heteroatoms. The van der Waals surface area contributed by atoms with E-state index >= 15 is 0 Å². The van der Waals surface area contributed by atoms with E-state index in [1.165, 1.54) is 35.7 Å². The van der Waals surface area contributed by atoms with Gasteiger partial charge in [-0.05, 0) is 61.2 Å². The topological polar surface area (TPSA) is 56.1 Å². The number of nitrogens with one attached hydrogen (secondary N) is 1. The van der Waals surface area contributed by atoms with Crippen LogP contribution in [0.4, 0.5) is 10.1 Å². The van der Waals surface area contributed by atoms with Gasteiger partial charge >= 0.3 is 0 Å². The number of imidazole rings is 1. The van der Waals surface area contributed by atoms with Crippen LogP contribution < -0.4 is 10.1 Å². The Bertz CT molecular complexity index is 960. The largest absolute Gasteiger partial charge is 0.497 e. The average Bonchev–Trinajstić information content (AvgIpc) is 3.09. The quantitative estimate of drug-likeness (QED) is 0.558. The Labute approximate surface area is 171 Å². The van der Waals surface area contributed by atoms with Crippen LogP contribution in [0.5, 0.6) is 5.75 Å². The van der Waals surface area contributed by atoms with Gasteiger partial charge < -0.3 is 14.6 Å². The van der Waals surface area contributed by atoms with Crippen LogP contribution in [0.3, 0.4) is 0 Å². The van der Waals surface area contributed by atoms with E-state index in [1.807, 2.05) is 49.0 Å². The summed E-state index contributed by atoms with van der Waals surface area (Å²) < 4.78 is 20.8. The third-order valence-corrected chi connectivity index (χ3v) is 6.18. The summed E-state index contributed by atoms with van der Waals surface area (Å²) >= 11 is 2.79. The number of nitrogens with zero attached hydrogens (tertiary/aromatic N) is 2. The second-order valence-electron chi connectivity index (χ2n) is 5.99. The van der Waals surface area contributed by atoms with Gasteiger partial charge in [0, 0.05) is 29.2 Å². The number of carbonyl (C=O) groups excluding carboxylic acids is 1. The van der Waals surface area contributed by atoms with Crippen molar-refractivity contribution < 1.29 is 13.9 Å². The molecule has 0 fully saturated rings. The molecule has 1 amide bonds. The highest BCUT2D eigenvalue weighted by Gasteiger charge is 2.17. The van der Waals surface area contributed by atoms with E-state index in [0.717, 1.165) is 20.7 Å². The maximum Gasteiger partial charge on any atom is 0.237 e. The minimum absolute atomic E-state index is 0.201. The number of hydrogen-bond acceptors (Lipinski definition) is 5. The highest BCUT2D eigenvalue weighted by molar-refractivity contribution is 8.00. The van der Waals surface area contributed by atoms with Gasteiger partial charge in [-0.25, -0.2) is 9.37 Å². The first-order valence-corrected chi connectivity index (χ1v) is 10.2. The second-order valence-corrected chi connectivity index (χ2v) is 8.41. The molecule has 1 heterocycles. The predicted octanol–water partition coefficient (Wildman–Crippen LogP) is 4.84. The highest BCUT2D eigenvalue weighted by atomic mass is 32.2. The van der Waals surface area contributed by atoms with Gasteiger partial charge in [0.1, 0.15) is 11.6 Å². The van der Waals surface area contributed by atoms with E-state index < -0.39 is 5.82 Å². The molecule has 146 valence electrons. The number of ether oxygens (including phenoxy) is 1. The number of benzene rings is 2. The summed E-state index contributed by atoms with van der Waals surface area (Å²) in [5.74, 6) is 0.153. The van der Waals surface area contributed by atoms with Crippen molar-refractivity contribution in [3.63, 3.8) is 0 Å². The lowest BCUT2D eigenvalue weighted by Gasteiger charge is -2.15. The third-order valence-electron chi connectivity index (χ3n) is 3.92. The smallest absolute Gasteiger partial charge is 0.237 e. The van der Waals surface area contributed by atoms with E-state index in [9.17, 15) is 9.18 Å². The molecule has 28 heavy (non-hydrogen) atoms. The molecule has 0 aliphatic heterocycles. The van der Waals surface area contributed by atoms with Gasteiger partial charge in [-0.2, -0.15) is 0 Å². The lowest BCUT2D eigenvalue weighted by atomic mass is 10.3. The molecular weight excluding hydrogens is 397 g/mol. The number of anilines is 1. The van der Waals surface area contributed by atoms with Crippen LogP contribution >= 0.6 is 23.5 Å². The van der Waals surface area contributed by atoms with E-state index in [-0.39, 0.29) is 11.2 Å². The number of halogens is 1. The fraction of sp³-hybridized carbons (Fsp3) is 0.200. The molecular formula is C20H20FN3O2S2. The van der Waals surface area contributed by atoms with Gasteiger partial charge in [0.25, 0.3) is 0 Å². The molecule has 1 atom stereocenters. The Kier molecular flexibility index (Phi) is 6.64. The van der Waals surface area contributed by atoms with Crippen molar-refractivity contribution in [3.8, 4) is 5.75 Å². The van der Waals surface area contributed by atoms with E-state index in [2.05, 4.69) is 10.3 Å². The molecule has 2 aromatic carbocycles. The van der Waals surface area contributed by atoms with Crippen LogP contribution in [-0.4, -0.2) is 27.8 Å². The Morgan fingerprint density at radius 2 is 2.00 bits per heavy atom. The zero-order valence-corrected chi connectivity index (χ0v) is 17.3. The average molecular weight is 418 g/mol. The zero-order chi connectivity index (χ0) is 20.1. The van der Waals surface area contributed by atoms with Crippen LogP contribution in [0, 0.1) is 5.82 Å². The molecule has 1 N–H and O–H groups in total. The number of aryl methyl sites for hydroxylation is 1. The number of methoxy groups -OCH3 is 1. The van der Waals surface area contributed by atoms with Crippen LogP contribution in [0.25, 0.3) is 0 Å². The van der Waals surface area contributed by atoms with Gasteiger partial charge in [0.05, 0.1) is 18.0 Å². The molecule has 3 aromatic rings. The van der Waals surface area contributed by atoms with Crippen molar-refractivity contribution in [2.75, 3.05) is 12.4 Å². The molecule has 3 rings (SSSR count). The fourth-order valence-electron chi connectivity index (χ4n) is 2.38. The number of hydrogen-bond donors (Lipinski definition) is 1. The minimum atomic E-state index is -0.407. The molecule has 0 saturated heterocycles. The Hall–Kier alpha value is -2.45. The maximum absolute atomic E-state index is 13.8. The molecule has 1 aromatic heterocycles. The van der Waals surface area contributed by atoms with Crippen molar-refractivity contribution in [2.24, 2.45) is 7.05 Å².